The molecule has 3 aromatic rings. The number of unbranched alkanes of at least 4 members (excludes halogenated alkanes) is 1. The first-order valence-electron chi connectivity index (χ1n) is 10.0. The van der Waals surface area contributed by atoms with Gasteiger partial charge in [-0.05, 0) is 60.5 Å². The van der Waals surface area contributed by atoms with E-state index in [4.69, 9.17) is 4.74 Å². The Morgan fingerprint density at radius 1 is 1.06 bits per heavy atom. The highest BCUT2D eigenvalue weighted by Crippen LogP contribution is 2.12. The van der Waals surface area contributed by atoms with Crippen molar-refractivity contribution in [3.8, 4) is 0 Å². The number of ether oxygens (including phenoxy) is 1. The van der Waals surface area contributed by atoms with Gasteiger partial charge in [-0.1, -0.05) is 25.5 Å². The average molecular weight is 422 g/mol. The number of nitrogens with one attached hydrogen (secondary N) is 1. The van der Waals surface area contributed by atoms with Crippen molar-refractivity contribution < 1.29 is 18.7 Å². The molecule has 0 spiro atoms. The van der Waals surface area contributed by atoms with E-state index in [0.29, 0.717) is 23.4 Å². The fourth-order valence-electron chi connectivity index (χ4n) is 2.95. The van der Waals surface area contributed by atoms with E-state index in [0.717, 1.165) is 12.8 Å². The molecule has 0 radical (unpaired) electrons. The molecule has 0 unspecified atom stereocenters. The lowest BCUT2D eigenvalue weighted by atomic mass is 10.2. The number of anilines is 1. The summed E-state index contributed by atoms with van der Waals surface area (Å²) >= 11 is 0. The number of carbonyl (C=O) groups excluding carboxylic acids is 2. The minimum atomic E-state index is -0.572. The van der Waals surface area contributed by atoms with E-state index in [9.17, 15) is 18.8 Å². The molecule has 160 valence electrons. The maximum absolute atomic E-state index is 13.4. The zero-order chi connectivity index (χ0) is 22.2. The van der Waals surface area contributed by atoms with Crippen LogP contribution in [0.4, 0.5) is 10.1 Å². The van der Waals surface area contributed by atoms with E-state index in [1.807, 2.05) is 6.92 Å². The Kier molecular flexibility index (Phi) is 7.32. The molecule has 0 fully saturated rings. The Hall–Kier alpha value is -3.74. The van der Waals surface area contributed by atoms with Crippen molar-refractivity contribution >= 4 is 17.6 Å². The Bertz CT molecular complexity index is 1120. The van der Waals surface area contributed by atoms with Gasteiger partial charge in [-0.15, -0.1) is 0 Å². The average Bonchev–Trinajstić information content (AvgIpc) is 2.76. The number of rotatable bonds is 8. The van der Waals surface area contributed by atoms with Gasteiger partial charge in [0.05, 0.1) is 18.7 Å². The number of pyridine rings is 1. The molecule has 6 nitrogen and oxygen atoms in total. The molecule has 31 heavy (non-hydrogen) atoms. The number of hydrogen-bond acceptors (Lipinski definition) is 4. The van der Waals surface area contributed by atoms with Crippen LogP contribution in [0.25, 0.3) is 0 Å². The monoisotopic (exact) mass is 422 g/mol. The summed E-state index contributed by atoms with van der Waals surface area (Å²) < 4.78 is 19.9. The standard InChI is InChI=1S/C24H23FN2O4/c1-2-3-14-31-24(30)18-9-11-20(12-10-18)26-22(28)21-8-5-13-27(23(21)29)16-17-6-4-7-19(25)15-17/h4-13,15H,2-3,14,16H2,1H3,(H,26,28). The molecule has 1 heterocycles. The molecule has 0 aliphatic heterocycles. The first kappa shape index (κ1) is 22.0. The Morgan fingerprint density at radius 2 is 1.84 bits per heavy atom. The van der Waals surface area contributed by atoms with Crippen LogP contribution in [-0.4, -0.2) is 23.1 Å². The van der Waals surface area contributed by atoms with Crippen LogP contribution in [0.5, 0.6) is 0 Å². The topological polar surface area (TPSA) is 77.4 Å². The van der Waals surface area contributed by atoms with Crippen LogP contribution in [0.1, 0.15) is 46.0 Å². The zero-order valence-corrected chi connectivity index (χ0v) is 17.1. The van der Waals surface area contributed by atoms with Crippen LogP contribution in [-0.2, 0) is 11.3 Å². The Morgan fingerprint density at radius 3 is 2.55 bits per heavy atom. The minimum Gasteiger partial charge on any atom is -0.462 e. The maximum atomic E-state index is 13.4. The Labute approximate surface area is 179 Å². The second-order valence-electron chi connectivity index (χ2n) is 7.01. The summed E-state index contributed by atoms with van der Waals surface area (Å²) in [5.74, 6) is -1.39. The van der Waals surface area contributed by atoms with E-state index in [1.165, 1.54) is 22.8 Å². The second kappa shape index (κ2) is 10.3. The number of hydrogen-bond donors (Lipinski definition) is 1. The van der Waals surface area contributed by atoms with E-state index < -0.39 is 23.3 Å². The molecule has 0 atom stereocenters. The van der Waals surface area contributed by atoms with Gasteiger partial charge in [0.15, 0.2) is 0 Å². The molecule has 2 aromatic carbocycles. The molecule has 0 saturated heterocycles. The summed E-state index contributed by atoms with van der Waals surface area (Å²) in [6.07, 6.45) is 3.28. The van der Waals surface area contributed by atoms with Gasteiger partial charge in [0, 0.05) is 11.9 Å². The molecular weight excluding hydrogens is 399 g/mol. The summed E-state index contributed by atoms with van der Waals surface area (Å²) in [4.78, 5) is 37.3. The molecule has 0 saturated carbocycles. The molecule has 7 heteroatoms. The SMILES string of the molecule is CCCCOC(=O)c1ccc(NC(=O)c2cccn(Cc3cccc(F)c3)c2=O)cc1. The third kappa shape index (κ3) is 5.88. The van der Waals surface area contributed by atoms with Crippen molar-refractivity contribution in [3.63, 3.8) is 0 Å². The van der Waals surface area contributed by atoms with Gasteiger partial charge in [-0.3, -0.25) is 9.59 Å². The van der Waals surface area contributed by atoms with Gasteiger partial charge in [0.1, 0.15) is 11.4 Å². The van der Waals surface area contributed by atoms with Gasteiger partial charge in [0.25, 0.3) is 11.5 Å². The van der Waals surface area contributed by atoms with Gasteiger partial charge >= 0.3 is 5.97 Å². The quantitative estimate of drug-likeness (QED) is 0.435. The first-order valence-corrected chi connectivity index (χ1v) is 10.0. The number of nitrogens with zero attached hydrogens (tertiary/aromatic N) is 1. The third-order valence-electron chi connectivity index (χ3n) is 4.62. The highest BCUT2D eigenvalue weighted by molar-refractivity contribution is 6.04. The largest absolute Gasteiger partial charge is 0.462 e. The number of carbonyl (C=O) groups is 2. The van der Waals surface area contributed by atoms with E-state index >= 15 is 0 Å². The number of aromatic nitrogens is 1. The highest BCUT2D eigenvalue weighted by Gasteiger charge is 2.14. The van der Waals surface area contributed by atoms with E-state index in [2.05, 4.69) is 5.32 Å². The predicted molar refractivity (Wildman–Crippen MR) is 116 cm³/mol. The first-order chi connectivity index (χ1) is 15.0. The zero-order valence-electron chi connectivity index (χ0n) is 17.1. The number of amides is 1. The molecule has 1 aromatic heterocycles. The van der Waals surface area contributed by atoms with Crippen LogP contribution in [0.3, 0.4) is 0 Å². The van der Waals surface area contributed by atoms with Crippen molar-refractivity contribution in [2.75, 3.05) is 11.9 Å². The summed E-state index contributed by atoms with van der Waals surface area (Å²) in [5.41, 5.74) is 0.907. The van der Waals surface area contributed by atoms with Crippen molar-refractivity contribution in [2.45, 2.75) is 26.3 Å². The lowest BCUT2D eigenvalue weighted by Gasteiger charge is -2.10. The van der Waals surface area contributed by atoms with Crippen LogP contribution >= 0.6 is 0 Å². The molecule has 3 rings (SSSR count). The number of esters is 1. The summed E-state index contributed by atoms with van der Waals surface area (Å²) in [6.45, 7) is 2.52. The molecule has 0 bridgehead atoms. The Balaban J connectivity index is 1.69. The van der Waals surface area contributed by atoms with Crippen molar-refractivity contribution in [1.82, 2.24) is 4.57 Å². The van der Waals surface area contributed by atoms with Crippen molar-refractivity contribution in [2.24, 2.45) is 0 Å². The normalized spacial score (nSPS) is 10.5. The lowest BCUT2D eigenvalue weighted by Crippen LogP contribution is -2.29. The minimum absolute atomic E-state index is 0.0399. The van der Waals surface area contributed by atoms with Crippen LogP contribution in [0, 0.1) is 5.82 Å². The van der Waals surface area contributed by atoms with E-state index in [-0.39, 0.29) is 12.1 Å². The third-order valence-corrected chi connectivity index (χ3v) is 4.62. The number of halogens is 1. The van der Waals surface area contributed by atoms with E-state index in [1.54, 1.807) is 48.7 Å². The van der Waals surface area contributed by atoms with Crippen LogP contribution < -0.4 is 10.9 Å². The summed E-state index contributed by atoms with van der Waals surface area (Å²) in [5, 5.41) is 2.65. The van der Waals surface area contributed by atoms with Crippen molar-refractivity contribution in [1.29, 1.82) is 0 Å². The smallest absolute Gasteiger partial charge is 0.338 e. The van der Waals surface area contributed by atoms with Gasteiger partial charge < -0.3 is 14.6 Å². The number of benzene rings is 2. The fourth-order valence-corrected chi connectivity index (χ4v) is 2.95. The molecular formula is C24H23FN2O4. The summed E-state index contributed by atoms with van der Waals surface area (Å²) in [6, 6.07) is 15.2. The molecule has 1 amide bonds. The predicted octanol–water partition coefficient (Wildman–Crippen LogP) is 4.24. The molecule has 0 aliphatic rings. The molecule has 0 aliphatic carbocycles. The highest BCUT2D eigenvalue weighted by atomic mass is 19.1. The van der Waals surface area contributed by atoms with Gasteiger partial charge in [-0.2, -0.15) is 0 Å². The lowest BCUT2D eigenvalue weighted by molar-refractivity contribution is 0.0499. The maximum Gasteiger partial charge on any atom is 0.338 e. The molecule has 1 N–H and O–H groups in total. The summed E-state index contributed by atoms with van der Waals surface area (Å²) in [7, 11) is 0. The van der Waals surface area contributed by atoms with Gasteiger partial charge in [0.2, 0.25) is 0 Å². The van der Waals surface area contributed by atoms with Crippen LogP contribution in [0.2, 0.25) is 0 Å². The van der Waals surface area contributed by atoms with Gasteiger partial charge in [-0.25, -0.2) is 9.18 Å². The fraction of sp³-hybridized carbons (Fsp3) is 0.208. The second-order valence-corrected chi connectivity index (χ2v) is 7.01. The van der Waals surface area contributed by atoms with Crippen LogP contribution in [0.15, 0.2) is 71.7 Å². The van der Waals surface area contributed by atoms with Crippen molar-refractivity contribution in [3.05, 3.63) is 99.7 Å².